The van der Waals surface area contributed by atoms with E-state index in [4.69, 9.17) is 15.5 Å². The number of H-pyrrole nitrogens is 1. The van der Waals surface area contributed by atoms with Gasteiger partial charge < -0.3 is 25.5 Å². The molecule has 4 N–H and O–H groups in total. The minimum Gasteiger partial charge on any atom is -0.505 e. The predicted octanol–water partition coefficient (Wildman–Crippen LogP) is 6.07. The van der Waals surface area contributed by atoms with Crippen LogP contribution in [-0.2, 0) is 9.53 Å². The molecule has 1 heterocycles. The lowest BCUT2D eigenvalue weighted by atomic mass is 10.0. The van der Waals surface area contributed by atoms with E-state index in [0.717, 1.165) is 5.56 Å². The van der Waals surface area contributed by atoms with Gasteiger partial charge in [-0.3, -0.25) is 4.79 Å². The molecule has 4 rings (SSSR count). The number of benzene rings is 3. The highest BCUT2D eigenvalue weighted by atomic mass is 79.9. The van der Waals surface area contributed by atoms with Gasteiger partial charge in [-0.05, 0) is 73.1 Å². The zero-order chi connectivity index (χ0) is 28.3. The minimum absolute atomic E-state index is 0.0196. The summed E-state index contributed by atoms with van der Waals surface area (Å²) in [6.07, 6.45) is 0. The summed E-state index contributed by atoms with van der Waals surface area (Å²) in [5.74, 6) is -0.543. The summed E-state index contributed by atoms with van der Waals surface area (Å²) in [7, 11) is 0. The Morgan fingerprint density at radius 3 is 2.41 bits per heavy atom. The predicted molar refractivity (Wildman–Crippen MR) is 158 cm³/mol. The van der Waals surface area contributed by atoms with Gasteiger partial charge in [-0.1, -0.05) is 30.3 Å². The molecule has 0 aliphatic rings. The Morgan fingerprint density at radius 1 is 1.08 bits per heavy atom. The summed E-state index contributed by atoms with van der Waals surface area (Å²) >= 11 is 3.61. The van der Waals surface area contributed by atoms with Crippen LogP contribution in [0.3, 0.4) is 0 Å². The molecule has 0 aliphatic heterocycles. The number of aromatic hydroxyl groups is 1. The van der Waals surface area contributed by atoms with Crippen molar-refractivity contribution < 1.29 is 19.4 Å². The molecular weight excluding hydrogens is 560 g/mol. The number of nitrogens with one attached hydrogen (secondary N) is 1. The number of amides is 1. The molecule has 3 aromatic carbocycles. The quantitative estimate of drug-likeness (QED) is 0.170. The molecule has 1 amide bonds. The first kappa shape index (κ1) is 28.1. The molecule has 1 aromatic heterocycles. The lowest BCUT2D eigenvalue weighted by Gasteiger charge is -2.37. The molecule has 0 spiro atoms. The van der Waals surface area contributed by atoms with Crippen LogP contribution in [0.2, 0.25) is 0 Å². The number of nitrogens with zero attached hydrogens (tertiary/aromatic N) is 2. The number of aliphatic imine (C=N–C) groups is 1. The molecule has 202 valence electrons. The van der Waals surface area contributed by atoms with E-state index >= 15 is 0 Å². The lowest BCUT2D eigenvalue weighted by Crippen LogP contribution is -2.52. The number of nitrogens with two attached hydrogens (primary N) is 1. The van der Waals surface area contributed by atoms with Gasteiger partial charge >= 0.3 is 5.97 Å². The average molecular weight is 592 g/mol. The molecule has 0 unspecified atom stereocenters. The smallest absolute Gasteiger partial charge is 0.338 e. The summed E-state index contributed by atoms with van der Waals surface area (Å²) in [5, 5.41) is 11.7. The second-order valence-electron chi connectivity index (χ2n) is 9.66. The van der Waals surface area contributed by atoms with Crippen LogP contribution in [0.1, 0.15) is 49.3 Å². The molecule has 0 saturated heterocycles. The molecule has 4 aromatic rings. The number of carbonyl (C=O) groups is 2. The van der Waals surface area contributed by atoms with Gasteiger partial charge in [0.1, 0.15) is 5.69 Å². The van der Waals surface area contributed by atoms with E-state index in [9.17, 15) is 14.7 Å². The van der Waals surface area contributed by atoms with Gasteiger partial charge in [0.2, 0.25) is 5.91 Å². The highest BCUT2D eigenvalue weighted by Crippen LogP contribution is 2.36. The van der Waals surface area contributed by atoms with Crippen molar-refractivity contribution in [1.82, 2.24) is 4.98 Å². The fraction of sp³-hybridized carbons (Fsp3) is 0.233. The Hall–Kier alpha value is -3.95. The first-order valence-electron chi connectivity index (χ1n) is 12.5. The van der Waals surface area contributed by atoms with E-state index in [0.29, 0.717) is 43.7 Å². The Bertz CT molecular complexity index is 1560. The normalized spacial score (nSPS) is 12.0. The number of carbonyl (C=O) groups excluding carboxylic acids is 2. The maximum atomic E-state index is 12.5. The monoisotopic (exact) mass is 590 g/mol. The van der Waals surface area contributed by atoms with Crippen LogP contribution in [0.4, 0.5) is 11.4 Å². The van der Waals surface area contributed by atoms with Crippen molar-refractivity contribution in [3.63, 3.8) is 0 Å². The second kappa shape index (κ2) is 11.4. The summed E-state index contributed by atoms with van der Waals surface area (Å²) < 4.78 is 5.79. The molecule has 0 atom stereocenters. The lowest BCUT2D eigenvalue weighted by molar-refractivity contribution is -0.117. The fourth-order valence-corrected chi connectivity index (χ4v) is 4.99. The molecule has 0 bridgehead atoms. The van der Waals surface area contributed by atoms with E-state index in [-0.39, 0.29) is 24.8 Å². The van der Waals surface area contributed by atoms with Crippen molar-refractivity contribution in [3.05, 3.63) is 88.0 Å². The number of aromatic nitrogens is 1. The number of hydrogen-bond donors (Lipinski definition) is 3. The van der Waals surface area contributed by atoms with Crippen LogP contribution in [0.25, 0.3) is 10.9 Å². The van der Waals surface area contributed by atoms with Crippen LogP contribution >= 0.6 is 15.9 Å². The SMILES string of the molecule is CCOC(=O)c1ccc2c(O)c(C(=Nc3ccc(N(C(C)=O)C(C)(C)CN)c(Br)c3)c3ccccc3)[nH]c2c1. The number of rotatable bonds is 8. The number of halogens is 1. The number of hydrogen-bond acceptors (Lipinski definition) is 6. The first-order chi connectivity index (χ1) is 18.6. The maximum Gasteiger partial charge on any atom is 0.338 e. The zero-order valence-electron chi connectivity index (χ0n) is 22.3. The third-order valence-corrected chi connectivity index (χ3v) is 7.03. The van der Waals surface area contributed by atoms with Crippen molar-refractivity contribution in [3.8, 4) is 5.75 Å². The molecule has 0 fully saturated rings. The van der Waals surface area contributed by atoms with Crippen LogP contribution in [-0.4, -0.2) is 46.4 Å². The van der Waals surface area contributed by atoms with Gasteiger partial charge in [0, 0.05) is 28.9 Å². The fourth-order valence-electron chi connectivity index (χ4n) is 4.45. The van der Waals surface area contributed by atoms with Gasteiger partial charge in [0.15, 0.2) is 5.75 Å². The minimum atomic E-state index is -0.590. The Balaban J connectivity index is 1.84. The van der Waals surface area contributed by atoms with Gasteiger partial charge in [-0.2, -0.15) is 0 Å². The van der Waals surface area contributed by atoms with E-state index in [2.05, 4.69) is 20.9 Å². The second-order valence-corrected chi connectivity index (χ2v) is 10.5. The Morgan fingerprint density at radius 2 is 1.79 bits per heavy atom. The summed E-state index contributed by atoms with van der Waals surface area (Å²) in [6, 6.07) is 19.9. The Labute approximate surface area is 235 Å². The molecule has 0 radical (unpaired) electrons. The number of fused-ring (bicyclic) bond motifs is 1. The van der Waals surface area contributed by atoms with Crippen molar-refractivity contribution >= 4 is 55.8 Å². The summed E-state index contributed by atoms with van der Waals surface area (Å²) in [4.78, 5) is 34.6. The van der Waals surface area contributed by atoms with E-state index in [1.54, 1.807) is 30.0 Å². The number of aromatic amines is 1. The van der Waals surface area contributed by atoms with Gasteiger partial charge in [-0.15, -0.1) is 0 Å². The molecule has 9 heteroatoms. The van der Waals surface area contributed by atoms with E-state index in [1.807, 2.05) is 62.4 Å². The number of anilines is 1. The van der Waals surface area contributed by atoms with E-state index in [1.165, 1.54) is 6.92 Å². The molecule has 39 heavy (non-hydrogen) atoms. The standard InChI is InChI=1S/C30H31BrN4O4/c1-5-39-29(38)20-11-13-22-24(15-20)34-27(28(22)37)26(19-9-7-6-8-10-19)33-21-12-14-25(23(31)16-21)35(18(2)36)30(3,4)17-32/h6-16,34,37H,5,17,32H2,1-4H3. The van der Waals surface area contributed by atoms with Gasteiger partial charge in [-0.25, -0.2) is 9.79 Å². The van der Waals surface area contributed by atoms with Crippen molar-refractivity contribution in [2.45, 2.75) is 33.2 Å². The third kappa shape index (κ3) is 5.74. The highest BCUT2D eigenvalue weighted by Gasteiger charge is 2.30. The number of ether oxygens (including phenoxy) is 1. The van der Waals surface area contributed by atoms with Gasteiger partial charge in [0.05, 0.1) is 40.3 Å². The largest absolute Gasteiger partial charge is 0.505 e. The van der Waals surface area contributed by atoms with Crippen LogP contribution < -0.4 is 10.6 Å². The topological polar surface area (TPSA) is 121 Å². The highest BCUT2D eigenvalue weighted by molar-refractivity contribution is 9.10. The van der Waals surface area contributed by atoms with Crippen molar-refractivity contribution in [1.29, 1.82) is 0 Å². The third-order valence-electron chi connectivity index (χ3n) is 6.40. The average Bonchev–Trinajstić information content (AvgIpc) is 3.24. The molecule has 0 aliphatic carbocycles. The molecular formula is C30H31BrN4O4. The van der Waals surface area contributed by atoms with Crippen LogP contribution in [0.15, 0.2) is 76.2 Å². The summed E-state index contributed by atoms with van der Waals surface area (Å²) in [6.45, 7) is 7.63. The van der Waals surface area contributed by atoms with Crippen molar-refractivity contribution in [2.75, 3.05) is 18.1 Å². The number of esters is 1. The first-order valence-corrected chi connectivity index (χ1v) is 13.3. The van der Waals surface area contributed by atoms with Crippen LogP contribution in [0.5, 0.6) is 5.75 Å². The maximum absolute atomic E-state index is 12.5. The summed E-state index contributed by atoms with van der Waals surface area (Å²) in [5.41, 5.74) is 9.30. The molecule has 0 saturated carbocycles. The van der Waals surface area contributed by atoms with Gasteiger partial charge in [0.25, 0.3) is 0 Å². The molecule has 8 nitrogen and oxygen atoms in total. The van der Waals surface area contributed by atoms with Crippen LogP contribution in [0, 0.1) is 0 Å². The van der Waals surface area contributed by atoms with Crippen molar-refractivity contribution in [2.24, 2.45) is 10.7 Å². The zero-order valence-corrected chi connectivity index (χ0v) is 23.9. The van der Waals surface area contributed by atoms with E-state index < -0.39 is 11.5 Å². The Kier molecular flexibility index (Phi) is 8.22.